The molecule has 25 heavy (non-hydrogen) atoms. The van der Waals surface area contributed by atoms with E-state index in [-0.39, 0.29) is 30.7 Å². The molecule has 1 aliphatic rings. The predicted molar refractivity (Wildman–Crippen MR) is 107 cm³/mol. The highest BCUT2D eigenvalue weighted by molar-refractivity contribution is 5.90. The zero-order valence-corrected chi connectivity index (χ0v) is 16.1. The monoisotopic (exact) mass is 384 g/mol. The first-order chi connectivity index (χ1) is 11.3. The zero-order valence-electron chi connectivity index (χ0n) is 14.5. The Morgan fingerprint density at radius 2 is 1.96 bits per heavy atom. The summed E-state index contributed by atoms with van der Waals surface area (Å²) in [6.07, 6.45) is 6.97. The van der Waals surface area contributed by atoms with E-state index < -0.39 is 0 Å². The van der Waals surface area contributed by atoms with Gasteiger partial charge in [0.25, 0.3) is 0 Å². The van der Waals surface area contributed by atoms with Crippen molar-refractivity contribution in [2.24, 2.45) is 0 Å². The smallest absolute Gasteiger partial charge is 0.224 e. The second-order valence-corrected chi connectivity index (χ2v) is 6.01. The number of carbonyl (C=O) groups excluding carboxylic acids is 1. The van der Waals surface area contributed by atoms with Gasteiger partial charge >= 0.3 is 0 Å². The third-order valence-corrected chi connectivity index (χ3v) is 4.26. The molecular formula is C18H26Cl2N4O. The number of nitrogens with zero attached hydrogens (tertiary/aromatic N) is 2. The van der Waals surface area contributed by atoms with Gasteiger partial charge in [-0.05, 0) is 63.5 Å². The Bertz CT molecular complexity index is 670. The Labute approximate surface area is 161 Å². The van der Waals surface area contributed by atoms with Crippen molar-refractivity contribution in [3.63, 3.8) is 0 Å². The first-order valence-electron chi connectivity index (χ1n) is 8.37. The molecule has 2 aromatic rings. The van der Waals surface area contributed by atoms with Crippen LogP contribution in [-0.4, -0.2) is 29.1 Å². The lowest BCUT2D eigenvalue weighted by atomic mass is 10.1. The van der Waals surface area contributed by atoms with Crippen LogP contribution < -0.4 is 10.6 Å². The van der Waals surface area contributed by atoms with E-state index in [4.69, 9.17) is 0 Å². The SMILES string of the molecule is CNCCCC(=O)Nc1ccc(-c2ncc3n2CCCC3)cc1.Cl.Cl. The quantitative estimate of drug-likeness (QED) is 0.746. The first kappa shape index (κ1) is 21.5. The summed E-state index contributed by atoms with van der Waals surface area (Å²) in [6, 6.07) is 7.98. The highest BCUT2D eigenvalue weighted by Gasteiger charge is 2.15. The van der Waals surface area contributed by atoms with E-state index in [1.54, 1.807) is 0 Å². The molecular weight excluding hydrogens is 359 g/mol. The Hall–Kier alpha value is -1.56. The van der Waals surface area contributed by atoms with Crippen LogP contribution in [0.25, 0.3) is 11.4 Å². The Morgan fingerprint density at radius 3 is 2.68 bits per heavy atom. The first-order valence-corrected chi connectivity index (χ1v) is 8.37. The number of imidazole rings is 1. The number of amides is 1. The van der Waals surface area contributed by atoms with Gasteiger partial charge in [0.2, 0.25) is 5.91 Å². The average molecular weight is 385 g/mol. The maximum atomic E-state index is 11.8. The fourth-order valence-electron chi connectivity index (χ4n) is 3.02. The van der Waals surface area contributed by atoms with Gasteiger partial charge in [0.1, 0.15) is 5.82 Å². The molecule has 0 spiro atoms. The normalized spacial score (nSPS) is 12.5. The molecule has 0 atom stereocenters. The van der Waals surface area contributed by atoms with Crippen molar-refractivity contribution >= 4 is 36.4 Å². The summed E-state index contributed by atoms with van der Waals surface area (Å²) in [5, 5.41) is 5.99. The lowest BCUT2D eigenvalue weighted by Gasteiger charge is -2.16. The number of fused-ring (bicyclic) bond motifs is 1. The van der Waals surface area contributed by atoms with Crippen molar-refractivity contribution in [3.8, 4) is 11.4 Å². The van der Waals surface area contributed by atoms with Gasteiger partial charge in [0, 0.05) is 36.1 Å². The van der Waals surface area contributed by atoms with Crippen LogP contribution >= 0.6 is 24.8 Å². The standard InChI is InChI=1S/C18H24N4O.2ClH/c1-19-11-4-6-17(23)21-15-9-7-14(8-10-15)18-20-13-16-5-2-3-12-22(16)18;;/h7-10,13,19H,2-6,11-12H2,1H3,(H,21,23);2*1H. The molecule has 2 heterocycles. The fraction of sp³-hybridized carbons (Fsp3) is 0.444. The largest absolute Gasteiger partial charge is 0.328 e. The van der Waals surface area contributed by atoms with Gasteiger partial charge in [-0.1, -0.05) is 0 Å². The topological polar surface area (TPSA) is 59.0 Å². The van der Waals surface area contributed by atoms with E-state index in [9.17, 15) is 4.79 Å². The highest BCUT2D eigenvalue weighted by atomic mass is 35.5. The summed E-state index contributed by atoms with van der Waals surface area (Å²) in [5.41, 5.74) is 3.27. The van der Waals surface area contributed by atoms with Crippen molar-refractivity contribution in [3.05, 3.63) is 36.2 Å². The number of hydrogen-bond donors (Lipinski definition) is 2. The van der Waals surface area contributed by atoms with Crippen LogP contribution in [0.1, 0.15) is 31.4 Å². The molecule has 0 saturated heterocycles. The molecule has 1 aromatic carbocycles. The molecule has 5 nitrogen and oxygen atoms in total. The number of rotatable bonds is 6. The number of anilines is 1. The Balaban J connectivity index is 0.00000156. The second-order valence-electron chi connectivity index (χ2n) is 6.01. The van der Waals surface area contributed by atoms with Gasteiger partial charge < -0.3 is 15.2 Å². The zero-order chi connectivity index (χ0) is 16.1. The number of carbonyl (C=O) groups is 1. The van der Waals surface area contributed by atoms with E-state index in [0.717, 1.165) is 43.0 Å². The van der Waals surface area contributed by atoms with E-state index in [1.807, 2.05) is 37.5 Å². The lowest BCUT2D eigenvalue weighted by molar-refractivity contribution is -0.116. The van der Waals surface area contributed by atoms with Crippen LogP contribution in [0.5, 0.6) is 0 Å². The molecule has 2 N–H and O–H groups in total. The molecule has 0 fully saturated rings. The van der Waals surface area contributed by atoms with Crippen molar-refractivity contribution in [2.45, 2.75) is 38.6 Å². The number of aryl methyl sites for hydroxylation is 1. The number of halogens is 2. The number of hydrogen-bond acceptors (Lipinski definition) is 3. The summed E-state index contributed by atoms with van der Waals surface area (Å²) in [7, 11) is 1.89. The summed E-state index contributed by atoms with van der Waals surface area (Å²) < 4.78 is 2.31. The molecule has 138 valence electrons. The summed E-state index contributed by atoms with van der Waals surface area (Å²) in [4.78, 5) is 16.4. The van der Waals surface area contributed by atoms with Crippen LogP contribution in [0.2, 0.25) is 0 Å². The van der Waals surface area contributed by atoms with E-state index in [1.165, 1.54) is 18.5 Å². The van der Waals surface area contributed by atoms with Crippen molar-refractivity contribution in [2.75, 3.05) is 18.9 Å². The highest BCUT2D eigenvalue weighted by Crippen LogP contribution is 2.25. The van der Waals surface area contributed by atoms with Crippen molar-refractivity contribution < 1.29 is 4.79 Å². The molecule has 0 radical (unpaired) electrons. The molecule has 0 aliphatic carbocycles. The molecule has 0 unspecified atom stereocenters. The summed E-state index contributed by atoms with van der Waals surface area (Å²) >= 11 is 0. The minimum absolute atomic E-state index is 0. The second kappa shape index (κ2) is 10.4. The van der Waals surface area contributed by atoms with Gasteiger partial charge in [-0.15, -0.1) is 24.8 Å². The third-order valence-electron chi connectivity index (χ3n) is 4.26. The van der Waals surface area contributed by atoms with Crippen LogP contribution in [-0.2, 0) is 17.8 Å². The molecule has 0 bridgehead atoms. The Kier molecular flexibility index (Phi) is 8.97. The predicted octanol–water partition coefficient (Wildman–Crippen LogP) is 3.67. The van der Waals surface area contributed by atoms with Gasteiger partial charge in [0.15, 0.2) is 0 Å². The van der Waals surface area contributed by atoms with E-state index >= 15 is 0 Å². The molecule has 3 rings (SSSR count). The average Bonchev–Trinajstić information content (AvgIpc) is 3.00. The van der Waals surface area contributed by atoms with Crippen LogP contribution in [0.15, 0.2) is 30.5 Å². The van der Waals surface area contributed by atoms with Crippen molar-refractivity contribution in [1.29, 1.82) is 0 Å². The van der Waals surface area contributed by atoms with Crippen molar-refractivity contribution in [1.82, 2.24) is 14.9 Å². The molecule has 1 amide bonds. The maximum absolute atomic E-state index is 11.8. The van der Waals surface area contributed by atoms with Gasteiger partial charge in [0.05, 0.1) is 0 Å². The molecule has 7 heteroatoms. The van der Waals surface area contributed by atoms with E-state index in [0.29, 0.717) is 6.42 Å². The maximum Gasteiger partial charge on any atom is 0.224 e. The van der Waals surface area contributed by atoms with Gasteiger partial charge in [-0.2, -0.15) is 0 Å². The minimum atomic E-state index is 0. The van der Waals surface area contributed by atoms with Crippen LogP contribution in [0.3, 0.4) is 0 Å². The lowest BCUT2D eigenvalue weighted by Crippen LogP contribution is -2.15. The Morgan fingerprint density at radius 1 is 1.20 bits per heavy atom. The minimum Gasteiger partial charge on any atom is -0.328 e. The van der Waals surface area contributed by atoms with Gasteiger partial charge in [-0.3, -0.25) is 4.79 Å². The van der Waals surface area contributed by atoms with E-state index in [2.05, 4.69) is 20.2 Å². The molecule has 1 aliphatic heterocycles. The van der Waals surface area contributed by atoms with Gasteiger partial charge in [-0.25, -0.2) is 4.98 Å². The molecule has 0 saturated carbocycles. The molecule has 1 aromatic heterocycles. The number of aromatic nitrogens is 2. The summed E-state index contributed by atoms with van der Waals surface area (Å²) in [5.74, 6) is 1.10. The number of benzene rings is 1. The van der Waals surface area contributed by atoms with Crippen LogP contribution in [0.4, 0.5) is 5.69 Å². The number of nitrogens with one attached hydrogen (secondary N) is 2. The fourth-order valence-corrected chi connectivity index (χ4v) is 3.02. The summed E-state index contributed by atoms with van der Waals surface area (Å²) in [6.45, 7) is 1.91. The third kappa shape index (κ3) is 5.46. The van der Waals surface area contributed by atoms with Crippen LogP contribution in [0, 0.1) is 0 Å².